The van der Waals surface area contributed by atoms with Crippen molar-refractivity contribution in [1.29, 1.82) is 0 Å². The largest absolute Gasteiger partial charge is 0.361 e. The van der Waals surface area contributed by atoms with Gasteiger partial charge in [0.15, 0.2) is 11.6 Å². The number of nitrogens with zero attached hydrogens (tertiary/aromatic N) is 7. The second kappa shape index (κ2) is 10.8. The highest BCUT2D eigenvalue weighted by Gasteiger charge is 2.29. The number of aromatic nitrogens is 6. The molecule has 0 aliphatic carbocycles. The van der Waals surface area contributed by atoms with E-state index in [4.69, 9.17) is 20.9 Å². The van der Waals surface area contributed by atoms with Crippen LogP contribution in [0, 0.1) is 0 Å². The van der Waals surface area contributed by atoms with Crippen molar-refractivity contribution in [2.24, 2.45) is 0 Å². The summed E-state index contributed by atoms with van der Waals surface area (Å²) in [5.41, 5.74) is 1.96. The van der Waals surface area contributed by atoms with E-state index in [0.717, 1.165) is 36.8 Å². The Kier molecular flexibility index (Phi) is 7.51. The summed E-state index contributed by atoms with van der Waals surface area (Å²) in [7, 11) is -1.18. The average molecular weight is 554 g/mol. The number of hydrogen-bond donors (Lipinski definition) is 0. The minimum atomic E-state index is -1.18. The van der Waals surface area contributed by atoms with Crippen LogP contribution in [0.3, 0.4) is 0 Å². The molecule has 0 saturated carbocycles. The van der Waals surface area contributed by atoms with Crippen LogP contribution in [0.25, 0.3) is 22.8 Å². The third-order valence-corrected chi connectivity index (χ3v) is 8.58. The monoisotopic (exact) mass is 553 g/mol. The molecule has 0 N–H and O–H groups in total. The van der Waals surface area contributed by atoms with Crippen LogP contribution in [0.1, 0.15) is 25.1 Å². The van der Waals surface area contributed by atoms with Crippen LogP contribution in [0.15, 0.2) is 52.0 Å². The van der Waals surface area contributed by atoms with Gasteiger partial charge in [-0.15, -0.1) is 10.2 Å². The number of halogens is 1. The highest BCUT2D eigenvalue weighted by Crippen LogP contribution is 2.33. The summed E-state index contributed by atoms with van der Waals surface area (Å²) in [6.45, 7) is 11.3. The summed E-state index contributed by atoms with van der Waals surface area (Å²) in [5, 5.41) is 13.8. The van der Waals surface area contributed by atoms with Gasteiger partial charge in [0.05, 0.1) is 6.04 Å². The predicted molar refractivity (Wildman–Crippen MR) is 149 cm³/mol. The number of hydrogen-bond acceptors (Lipinski definition) is 8. The van der Waals surface area contributed by atoms with Gasteiger partial charge < -0.3 is 14.2 Å². The lowest BCUT2D eigenvalue weighted by Crippen LogP contribution is -2.35. The van der Waals surface area contributed by atoms with E-state index in [-0.39, 0.29) is 18.3 Å². The molecule has 1 atom stereocenters. The molecule has 3 aromatic heterocycles. The van der Waals surface area contributed by atoms with E-state index >= 15 is 0 Å². The molecule has 0 saturated heterocycles. The van der Waals surface area contributed by atoms with Crippen LogP contribution < -0.4 is 10.5 Å². The first kappa shape index (κ1) is 26.3. The number of anilines is 1. The first-order valence-corrected chi connectivity index (χ1v) is 16.9. The highest BCUT2D eigenvalue weighted by atomic mass is 35.5. The van der Waals surface area contributed by atoms with E-state index in [9.17, 15) is 4.79 Å². The van der Waals surface area contributed by atoms with Gasteiger partial charge in [0.1, 0.15) is 24.4 Å². The molecule has 200 valence electrons. The molecule has 0 amide bonds. The Morgan fingerprint density at radius 3 is 2.76 bits per heavy atom. The molecule has 1 aliphatic heterocycles. The summed E-state index contributed by atoms with van der Waals surface area (Å²) >= 11 is 6.14. The van der Waals surface area contributed by atoms with E-state index in [2.05, 4.69) is 51.8 Å². The lowest BCUT2D eigenvalue weighted by atomic mass is 10.1. The Labute approximate surface area is 227 Å². The minimum Gasteiger partial charge on any atom is -0.361 e. The maximum atomic E-state index is 12.7. The molecule has 12 heteroatoms. The van der Waals surface area contributed by atoms with Gasteiger partial charge in [-0.25, -0.2) is 4.98 Å². The van der Waals surface area contributed by atoms with Crippen molar-refractivity contribution >= 4 is 25.6 Å². The van der Waals surface area contributed by atoms with Crippen LogP contribution in [0.2, 0.25) is 30.7 Å². The van der Waals surface area contributed by atoms with Crippen molar-refractivity contribution in [2.75, 3.05) is 18.1 Å². The Morgan fingerprint density at radius 1 is 1.16 bits per heavy atom. The van der Waals surface area contributed by atoms with E-state index in [1.807, 2.05) is 34.9 Å². The molecule has 4 aromatic rings. The maximum absolute atomic E-state index is 12.7. The normalized spacial score (nSPS) is 14.5. The van der Waals surface area contributed by atoms with Crippen LogP contribution >= 0.6 is 11.6 Å². The molecule has 0 bridgehead atoms. The van der Waals surface area contributed by atoms with E-state index in [0.29, 0.717) is 34.9 Å². The van der Waals surface area contributed by atoms with E-state index in [1.165, 1.54) is 17.0 Å². The highest BCUT2D eigenvalue weighted by molar-refractivity contribution is 6.76. The predicted octanol–water partition coefficient (Wildman–Crippen LogP) is 5.09. The van der Waals surface area contributed by atoms with Gasteiger partial charge in [-0.3, -0.25) is 13.9 Å². The summed E-state index contributed by atoms with van der Waals surface area (Å²) in [6.07, 6.45) is 2.41. The number of ether oxygens (including phenoxy) is 1. The molecule has 4 heterocycles. The molecule has 1 aromatic carbocycles. The minimum absolute atomic E-state index is 0.1000. The molecule has 0 spiro atoms. The van der Waals surface area contributed by atoms with Gasteiger partial charge in [-0.05, 0) is 31.5 Å². The van der Waals surface area contributed by atoms with Crippen molar-refractivity contribution in [2.45, 2.75) is 58.3 Å². The molecule has 5 rings (SSSR count). The summed E-state index contributed by atoms with van der Waals surface area (Å²) in [6, 6.07) is 11.9. The standard InChI is InChI=1S/C26H32ClN7O3Si/c1-18(21-14-23(37-31-21)19-7-5-8-20(27)13-19)33-9-6-10-34-25(29-30-26(33)34)22-15-24(35)32(16-28-22)17-36-11-12-38(2,3)4/h5,7-8,13-16,18H,6,9-12,17H2,1-4H3. The van der Waals surface area contributed by atoms with Crippen LogP contribution in [-0.4, -0.2) is 50.7 Å². The molecular formula is C26H32ClN7O3Si. The lowest BCUT2D eigenvalue weighted by molar-refractivity contribution is 0.0840. The van der Waals surface area contributed by atoms with E-state index < -0.39 is 8.07 Å². The topological polar surface area (TPSA) is 104 Å². The molecule has 10 nitrogen and oxygen atoms in total. The Balaban J connectivity index is 1.32. The van der Waals surface area contributed by atoms with Crippen molar-refractivity contribution in [3.63, 3.8) is 0 Å². The third kappa shape index (κ3) is 5.74. The second-order valence-corrected chi connectivity index (χ2v) is 16.8. The van der Waals surface area contributed by atoms with E-state index in [1.54, 1.807) is 0 Å². The van der Waals surface area contributed by atoms with Crippen LogP contribution in [0.4, 0.5) is 5.95 Å². The molecule has 0 fully saturated rings. The van der Waals surface area contributed by atoms with Crippen molar-refractivity contribution in [1.82, 2.24) is 29.5 Å². The summed E-state index contributed by atoms with van der Waals surface area (Å²) in [5.74, 6) is 1.94. The van der Waals surface area contributed by atoms with Gasteiger partial charge >= 0.3 is 0 Å². The van der Waals surface area contributed by atoms with Gasteiger partial charge in [-0.2, -0.15) is 0 Å². The van der Waals surface area contributed by atoms with Gasteiger partial charge in [0.2, 0.25) is 5.95 Å². The SMILES string of the molecule is CC(c1cc(-c2cccc(Cl)c2)on1)N1CCCn2c(-c3cc(=O)n(COCC[Si](C)(C)C)cn3)nnc21. The van der Waals surface area contributed by atoms with Gasteiger partial charge in [-0.1, -0.05) is 48.5 Å². The quantitative estimate of drug-likeness (QED) is 0.208. The first-order valence-electron chi connectivity index (χ1n) is 12.8. The molecule has 1 aliphatic rings. The van der Waals surface area contributed by atoms with Crippen molar-refractivity contribution in [3.05, 3.63) is 63.8 Å². The fourth-order valence-electron chi connectivity index (χ4n) is 4.38. The Hall–Kier alpha value is -3.28. The fourth-order valence-corrected chi connectivity index (χ4v) is 5.33. The molecule has 1 unspecified atom stereocenters. The smallest absolute Gasteiger partial charge is 0.255 e. The third-order valence-electron chi connectivity index (χ3n) is 6.64. The lowest BCUT2D eigenvalue weighted by Gasteiger charge is -2.32. The Morgan fingerprint density at radius 2 is 2.00 bits per heavy atom. The number of fused-ring (bicyclic) bond motifs is 1. The summed E-state index contributed by atoms with van der Waals surface area (Å²) < 4.78 is 14.8. The summed E-state index contributed by atoms with van der Waals surface area (Å²) in [4.78, 5) is 19.4. The second-order valence-electron chi connectivity index (χ2n) is 10.8. The zero-order chi connectivity index (χ0) is 26.9. The van der Waals surface area contributed by atoms with Crippen LogP contribution in [0.5, 0.6) is 0 Å². The maximum Gasteiger partial charge on any atom is 0.255 e. The zero-order valence-electron chi connectivity index (χ0n) is 22.1. The number of rotatable bonds is 9. The molecule has 0 radical (unpaired) electrons. The van der Waals surface area contributed by atoms with Crippen LogP contribution in [-0.2, 0) is 18.0 Å². The van der Waals surface area contributed by atoms with Gasteiger partial charge in [0.25, 0.3) is 5.56 Å². The van der Waals surface area contributed by atoms with Crippen molar-refractivity contribution in [3.8, 4) is 22.8 Å². The van der Waals surface area contributed by atoms with Gasteiger partial charge in [0, 0.05) is 50.5 Å². The molecular weight excluding hydrogens is 522 g/mol. The average Bonchev–Trinajstić information content (AvgIpc) is 3.54. The number of benzene rings is 1. The molecule has 38 heavy (non-hydrogen) atoms. The first-order chi connectivity index (χ1) is 18.2. The Bertz CT molecular complexity index is 1480. The zero-order valence-corrected chi connectivity index (χ0v) is 23.9. The van der Waals surface area contributed by atoms with Crippen molar-refractivity contribution < 1.29 is 9.26 Å². The fraction of sp³-hybridized carbons (Fsp3) is 0.423.